The van der Waals surface area contributed by atoms with Gasteiger partial charge in [-0.2, -0.15) is 4.98 Å². The van der Waals surface area contributed by atoms with Crippen molar-refractivity contribution in [3.63, 3.8) is 0 Å². The summed E-state index contributed by atoms with van der Waals surface area (Å²) in [5.41, 5.74) is 1.09. The number of hydrogen-bond donors (Lipinski definition) is 1. The summed E-state index contributed by atoms with van der Waals surface area (Å²) in [6.07, 6.45) is 1.98. The average molecular weight is 329 g/mol. The van der Waals surface area contributed by atoms with Crippen molar-refractivity contribution in [2.24, 2.45) is 5.92 Å². The molecule has 0 radical (unpaired) electrons. The fraction of sp³-hybridized carbons (Fsp3) is 0.500. The van der Waals surface area contributed by atoms with Crippen molar-refractivity contribution in [1.29, 1.82) is 0 Å². The van der Waals surface area contributed by atoms with Crippen LogP contribution in [0.25, 0.3) is 0 Å². The molecule has 0 aliphatic carbocycles. The molecular weight excluding hydrogens is 306 g/mol. The lowest BCUT2D eigenvalue weighted by molar-refractivity contribution is -0.125. The fourth-order valence-corrected chi connectivity index (χ4v) is 2.76. The molecule has 6 heteroatoms. The summed E-state index contributed by atoms with van der Waals surface area (Å²) in [5.74, 6) is 2.38. The zero-order valence-electron chi connectivity index (χ0n) is 14.1. The third-order valence-electron chi connectivity index (χ3n) is 4.17. The topological polar surface area (TPSA) is 77.2 Å². The van der Waals surface area contributed by atoms with Gasteiger partial charge in [0.25, 0.3) is 0 Å². The molecule has 2 heterocycles. The van der Waals surface area contributed by atoms with Gasteiger partial charge in [-0.15, -0.1) is 0 Å². The van der Waals surface area contributed by atoms with Gasteiger partial charge in [-0.3, -0.25) is 4.79 Å². The quantitative estimate of drug-likeness (QED) is 0.912. The summed E-state index contributed by atoms with van der Waals surface area (Å²) >= 11 is 0. The highest BCUT2D eigenvalue weighted by Crippen LogP contribution is 2.26. The van der Waals surface area contributed by atoms with Crippen molar-refractivity contribution in [3.05, 3.63) is 41.5 Å². The molecule has 0 saturated carbocycles. The zero-order chi connectivity index (χ0) is 16.9. The molecular formula is C18H23N3O3. The molecule has 0 bridgehead atoms. The van der Waals surface area contributed by atoms with Crippen LogP contribution in [0.3, 0.4) is 0 Å². The molecule has 1 unspecified atom stereocenters. The minimum Gasteiger partial charge on any atom is -0.493 e. The first kappa shape index (κ1) is 16.5. The first-order valence-electron chi connectivity index (χ1n) is 8.44. The Morgan fingerprint density at radius 2 is 2.21 bits per heavy atom. The van der Waals surface area contributed by atoms with Crippen LogP contribution in [0.2, 0.25) is 0 Å². The number of ether oxygens (including phenoxy) is 1. The number of nitrogens with zero attached hydrogens (tertiary/aromatic N) is 2. The number of hydrogen-bond acceptors (Lipinski definition) is 5. The van der Waals surface area contributed by atoms with E-state index in [-0.39, 0.29) is 17.7 Å². The van der Waals surface area contributed by atoms with Gasteiger partial charge in [-0.25, -0.2) is 0 Å². The molecule has 1 aromatic heterocycles. The summed E-state index contributed by atoms with van der Waals surface area (Å²) in [5, 5.41) is 6.90. The molecule has 1 aromatic carbocycles. The van der Waals surface area contributed by atoms with Gasteiger partial charge in [-0.1, -0.05) is 37.2 Å². The number of rotatable bonds is 5. The molecule has 128 valence electrons. The maximum atomic E-state index is 12.4. The summed E-state index contributed by atoms with van der Waals surface area (Å²) in [6.45, 7) is 5.10. The van der Waals surface area contributed by atoms with Gasteiger partial charge >= 0.3 is 0 Å². The number of aromatic nitrogens is 2. The van der Waals surface area contributed by atoms with E-state index >= 15 is 0 Å². The highest BCUT2D eigenvalue weighted by Gasteiger charge is 2.23. The van der Waals surface area contributed by atoms with Gasteiger partial charge < -0.3 is 14.6 Å². The van der Waals surface area contributed by atoms with Crippen LogP contribution in [0, 0.1) is 5.92 Å². The van der Waals surface area contributed by atoms with E-state index in [0.717, 1.165) is 17.7 Å². The summed E-state index contributed by atoms with van der Waals surface area (Å²) in [7, 11) is 0. The van der Waals surface area contributed by atoms with Crippen molar-refractivity contribution >= 4 is 5.91 Å². The highest BCUT2D eigenvalue weighted by atomic mass is 16.5. The Labute approximate surface area is 141 Å². The molecule has 24 heavy (non-hydrogen) atoms. The Kier molecular flexibility index (Phi) is 5.13. The minimum absolute atomic E-state index is 0.0545. The second kappa shape index (κ2) is 7.47. The number of fused-ring (bicyclic) bond motifs is 1. The average Bonchev–Trinajstić information content (AvgIpc) is 2.93. The molecule has 1 atom stereocenters. The van der Waals surface area contributed by atoms with Crippen molar-refractivity contribution in [3.8, 4) is 5.75 Å². The predicted molar refractivity (Wildman–Crippen MR) is 88.8 cm³/mol. The zero-order valence-corrected chi connectivity index (χ0v) is 14.1. The van der Waals surface area contributed by atoms with E-state index in [4.69, 9.17) is 9.26 Å². The van der Waals surface area contributed by atoms with Crippen LogP contribution in [0.15, 0.2) is 28.8 Å². The Morgan fingerprint density at radius 3 is 3.00 bits per heavy atom. The number of carbonyl (C=O) groups is 1. The van der Waals surface area contributed by atoms with Crippen LogP contribution < -0.4 is 10.1 Å². The van der Waals surface area contributed by atoms with E-state index in [1.54, 1.807) is 0 Å². The third kappa shape index (κ3) is 3.93. The van der Waals surface area contributed by atoms with E-state index in [9.17, 15) is 4.79 Å². The van der Waals surface area contributed by atoms with Crippen LogP contribution in [0.5, 0.6) is 5.75 Å². The Bertz CT molecular complexity index is 696. The summed E-state index contributed by atoms with van der Waals surface area (Å²) < 4.78 is 10.9. The fourth-order valence-electron chi connectivity index (χ4n) is 2.76. The Hall–Kier alpha value is -2.37. The lowest BCUT2D eigenvalue weighted by Crippen LogP contribution is -2.33. The minimum atomic E-state index is -0.0671. The Morgan fingerprint density at radius 1 is 1.38 bits per heavy atom. The van der Waals surface area contributed by atoms with Crippen molar-refractivity contribution < 1.29 is 14.1 Å². The molecule has 0 fully saturated rings. The van der Waals surface area contributed by atoms with Crippen molar-refractivity contribution in [2.45, 2.75) is 39.0 Å². The van der Waals surface area contributed by atoms with Gasteiger partial charge in [0.05, 0.1) is 6.61 Å². The largest absolute Gasteiger partial charge is 0.493 e. The third-order valence-corrected chi connectivity index (χ3v) is 4.17. The lowest BCUT2D eigenvalue weighted by Gasteiger charge is -2.13. The number of nitrogens with one attached hydrogen (secondary N) is 1. The standard InChI is InChI=1S/C18H23N3O3/c1-12(2)17-20-16(24-21-17)7-9-19-18(22)14-8-10-23-15-6-4-3-5-13(15)11-14/h3-6,12,14H,7-11H2,1-2H3,(H,19,22). The van der Waals surface area contributed by atoms with E-state index in [2.05, 4.69) is 15.5 Å². The summed E-state index contributed by atoms with van der Waals surface area (Å²) in [6, 6.07) is 7.91. The van der Waals surface area contributed by atoms with Gasteiger partial charge in [0.2, 0.25) is 11.8 Å². The molecule has 0 saturated heterocycles. The monoisotopic (exact) mass is 329 g/mol. The molecule has 1 aliphatic heterocycles. The van der Waals surface area contributed by atoms with E-state index in [1.807, 2.05) is 38.1 Å². The van der Waals surface area contributed by atoms with Gasteiger partial charge in [0.1, 0.15) is 5.75 Å². The highest BCUT2D eigenvalue weighted by molar-refractivity contribution is 5.79. The Balaban J connectivity index is 1.51. The molecule has 1 aliphatic rings. The van der Waals surface area contributed by atoms with E-state index in [0.29, 0.717) is 37.7 Å². The van der Waals surface area contributed by atoms with Crippen LogP contribution in [-0.2, 0) is 17.6 Å². The van der Waals surface area contributed by atoms with Gasteiger partial charge in [-0.05, 0) is 24.5 Å². The van der Waals surface area contributed by atoms with Gasteiger partial charge in [0, 0.05) is 24.8 Å². The van der Waals surface area contributed by atoms with Crippen LogP contribution in [-0.4, -0.2) is 29.2 Å². The molecule has 1 amide bonds. The summed E-state index contributed by atoms with van der Waals surface area (Å²) in [4.78, 5) is 16.7. The van der Waals surface area contributed by atoms with Crippen molar-refractivity contribution in [1.82, 2.24) is 15.5 Å². The second-order valence-corrected chi connectivity index (χ2v) is 6.39. The first-order chi connectivity index (χ1) is 11.6. The number of benzene rings is 1. The van der Waals surface area contributed by atoms with Crippen LogP contribution >= 0.6 is 0 Å². The number of carbonyl (C=O) groups excluding carboxylic acids is 1. The first-order valence-corrected chi connectivity index (χ1v) is 8.44. The number of para-hydroxylation sites is 1. The van der Waals surface area contributed by atoms with Crippen LogP contribution in [0.4, 0.5) is 0 Å². The molecule has 2 aromatic rings. The predicted octanol–water partition coefficient (Wildman–Crippen LogP) is 2.49. The smallest absolute Gasteiger partial charge is 0.228 e. The molecule has 1 N–H and O–H groups in total. The second-order valence-electron chi connectivity index (χ2n) is 6.39. The number of amides is 1. The maximum absolute atomic E-state index is 12.4. The normalized spacial score (nSPS) is 17.0. The van der Waals surface area contributed by atoms with Crippen molar-refractivity contribution in [2.75, 3.05) is 13.2 Å². The maximum Gasteiger partial charge on any atom is 0.228 e. The molecule has 6 nitrogen and oxygen atoms in total. The molecule has 0 spiro atoms. The lowest BCUT2D eigenvalue weighted by atomic mass is 9.96. The van der Waals surface area contributed by atoms with E-state index in [1.165, 1.54) is 0 Å². The van der Waals surface area contributed by atoms with Crippen LogP contribution in [0.1, 0.15) is 43.5 Å². The van der Waals surface area contributed by atoms with Gasteiger partial charge in [0.15, 0.2) is 5.82 Å². The molecule has 3 rings (SSSR count). The SMILES string of the molecule is CC(C)c1noc(CCNC(=O)C2CCOc3ccccc3C2)n1. The van der Waals surface area contributed by atoms with E-state index < -0.39 is 0 Å².